The number of benzene rings is 1. The number of carbonyl (C=O) groups is 1. The fourth-order valence-corrected chi connectivity index (χ4v) is 7.86. The first-order valence-corrected chi connectivity index (χ1v) is 16.1. The predicted molar refractivity (Wildman–Crippen MR) is 171 cm³/mol. The Morgan fingerprint density at radius 3 is 2.67 bits per heavy atom. The summed E-state index contributed by atoms with van der Waals surface area (Å²) in [6.07, 6.45) is 7.93. The highest BCUT2D eigenvalue weighted by Gasteiger charge is 2.47. The molecule has 1 amide bonds. The average molecular weight is 615 g/mol. The number of amides is 1. The second-order valence-electron chi connectivity index (χ2n) is 13.2. The van der Waals surface area contributed by atoms with Crippen LogP contribution in [0.4, 0.5) is 5.82 Å². The molecule has 0 spiro atoms. The molecule has 3 atom stereocenters. The summed E-state index contributed by atoms with van der Waals surface area (Å²) in [6, 6.07) is 14.1. The minimum Gasteiger partial charge on any atom is -0.494 e. The number of aromatic nitrogens is 6. The van der Waals surface area contributed by atoms with E-state index in [2.05, 4.69) is 36.1 Å². The first kappa shape index (κ1) is 27.3. The molecule has 2 saturated carbocycles. The van der Waals surface area contributed by atoms with Crippen molar-refractivity contribution in [2.45, 2.75) is 50.4 Å². The van der Waals surface area contributed by atoms with Crippen molar-refractivity contribution in [2.24, 2.45) is 17.6 Å². The maximum absolute atomic E-state index is 13.9. The van der Waals surface area contributed by atoms with Gasteiger partial charge in [0.2, 0.25) is 5.82 Å². The van der Waals surface area contributed by atoms with Crippen LogP contribution in [-0.2, 0) is 6.54 Å². The monoisotopic (exact) mass is 614 g/mol. The van der Waals surface area contributed by atoms with Crippen LogP contribution in [0.5, 0.6) is 5.75 Å². The van der Waals surface area contributed by atoms with Crippen LogP contribution in [0, 0.1) is 23.2 Å². The van der Waals surface area contributed by atoms with E-state index in [-0.39, 0.29) is 29.9 Å². The van der Waals surface area contributed by atoms with E-state index in [1.54, 1.807) is 13.3 Å². The molecule has 6 heterocycles. The summed E-state index contributed by atoms with van der Waals surface area (Å²) in [7, 11) is 1.65. The van der Waals surface area contributed by atoms with Crippen molar-refractivity contribution in [3.05, 3.63) is 60.2 Å². The maximum Gasteiger partial charge on any atom is 0.254 e. The molecule has 2 aliphatic heterocycles. The van der Waals surface area contributed by atoms with Crippen LogP contribution in [0.2, 0.25) is 0 Å². The molecule has 0 unspecified atom stereocenters. The second-order valence-corrected chi connectivity index (χ2v) is 13.2. The van der Waals surface area contributed by atoms with Gasteiger partial charge in [0.25, 0.3) is 5.91 Å². The van der Waals surface area contributed by atoms with Crippen LogP contribution < -0.4 is 15.4 Å². The third-order valence-electron chi connectivity index (χ3n) is 10.4. The number of methoxy groups -OCH3 is 1. The number of pyridine rings is 1. The van der Waals surface area contributed by atoms with Gasteiger partial charge in [-0.2, -0.15) is 5.26 Å². The highest BCUT2D eigenvalue weighted by atomic mass is 16.5. The van der Waals surface area contributed by atoms with Crippen molar-refractivity contribution >= 4 is 33.8 Å². The zero-order valence-corrected chi connectivity index (χ0v) is 25.6. The van der Waals surface area contributed by atoms with E-state index in [1.807, 2.05) is 41.4 Å². The molecule has 5 aromatic rings. The van der Waals surface area contributed by atoms with Gasteiger partial charge in [-0.25, -0.2) is 19.9 Å². The molecule has 2 N–H and O–H groups in total. The zero-order chi connectivity index (χ0) is 31.1. The molecular weight excluding hydrogens is 580 g/mol. The minimum absolute atomic E-state index is 0.0159. The van der Waals surface area contributed by atoms with E-state index in [9.17, 15) is 10.1 Å². The number of carbonyl (C=O) groups excluding carboxylic acids is 1. The lowest BCUT2D eigenvalue weighted by molar-refractivity contribution is 0.0700. The van der Waals surface area contributed by atoms with Crippen molar-refractivity contribution in [3.63, 3.8) is 0 Å². The van der Waals surface area contributed by atoms with Crippen LogP contribution >= 0.6 is 0 Å². The highest BCUT2D eigenvalue weighted by molar-refractivity contribution is 6.00. The summed E-state index contributed by atoms with van der Waals surface area (Å²) in [5, 5.41) is 10.4. The zero-order valence-electron chi connectivity index (χ0n) is 25.6. The van der Waals surface area contributed by atoms with Crippen LogP contribution in [0.15, 0.2) is 48.8 Å². The Hall–Kier alpha value is -5.02. The Morgan fingerprint density at radius 1 is 1.07 bits per heavy atom. The van der Waals surface area contributed by atoms with Gasteiger partial charge in [-0.1, -0.05) is 0 Å². The molecule has 232 valence electrons. The van der Waals surface area contributed by atoms with Crippen molar-refractivity contribution in [2.75, 3.05) is 31.6 Å². The number of imidazole rings is 1. The van der Waals surface area contributed by atoms with E-state index >= 15 is 0 Å². The number of anilines is 1. The van der Waals surface area contributed by atoms with Gasteiger partial charge >= 0.3 is 0 Å². The summed E-state index contributed by atoms with van der Waals surface area (Å²) in [5.74, 6) is 3.29. The molecule has 2 saturated heterocycles. The summed E-state index contributed by atoms with van der Waals surface area (Å²) in [5.41, 5.74) is 10.6. The van der Waals surface area contributed by atoms with Crippen molar-refractivity contribution in [1.82, 2.24) is 34.0 Å². The second kappa shape index (κ2) is 10.3. The lowest BCUT2D eigenvalue weighted by atomic mass is 10.1. The lowest BCUT2D eigenvalue weighted by Gasteiger charge is -2.41. The van der Waals surface area contributed by atoms with Crippen molar-refractivity contribution < 1.29 is 9.53 Å². The first-order chi connectivity index (χ1) is 22.5. The third-order valence-corrected chi connectivity index (χ3v) is 10.4. The maximum atomic E-state index is 13.9. The highest BCUT2D eigenvalue weighted by Crippen LogP contribution is 2.42. The molecule has 12 heteroatoms. The normalized spacial score (nSPS) is 22.5. The van der Waals surface area contributed by atoms with Gasteiger partial charge in [0.15, 0.2) is 5.82 Å². The third kappa shape index (κ3) is 4.18. The van der Waals surface area contributed by atoms with Crippen molar-refractivity contribution in [1.29, 1.82) is 5.26 Å². The average Bonchev–Trinajstić information content (AvgIpc) is 3.41. The Balaban J connectivity index is 1.18. The van der Waals surface area contributed by atoms with Gasteiger partial charge in [0.1, 0.15) is 28.8 Å². The molecular formula is C34H34N10O2. The molecule has 4 aliphatic rings. The van der Waals surface area contributed by atoms with E-state index in [0.29, 0.717) is 42.8 Å². The van der Waals surface area contributed by atoms with E-state index < -0.39 is 0 Å². The molecule has 9 rings (SSSR count). The molecule has 12 nitrogen and oxygen atoms in total. The van der Waals surface area contributed by atoms with Gasteiger partial charge in [0, 0.05) is 61.6 Å². The lowest BCUT2D eigenvalue weighted by Crippen LogP contribution is -2.48. The number of nitriles is 1. The van der Waals surface area contributed by atoms with Gasteiger partial charge in [-0.3, -0.25) is 4.79 Å². The van der Waals surface area contributed by atoms with Gasteiger partial charge in [0.05, 0.1) is 24.4 Å². The Kier molecular flexibility index (Phi) is 6.08. The van der Waals surface area contributed by atoms with Gasteiger partial charge in [-0.05, 0) is 73.9 Å². The predicted octanol–water partition coefficient (Wildman–Crippen LogP) is 3.76. The van der Waals surface area contributed by atoms with Crippen LogP contribution in [-0.4, -0.2) is 78.7 Å². The van der Waals surface area contributed by atoms with Crippen LogP contribution in [0.3, 0.4) is 0 Å². The fourth-order valence-electron chi connectivity index (χ4n) is 7.86. The quantitative estimate of drug-likeness (QED) is 0.290. The topological polar surface area (TPSA) is 144 Å². The Labute approximate surface area is 265 Å². The summed E-state index contributed by atoms with van der Waals surface area (Å²) < 4.78 is 10.6. The SMILES string of the molecule is COc1cc(C(=O)N2C[C@H]3CC[C@@H]2[C@@H]3N)cc2nc(-c3cc4cccnc4n3CC3CC3)n(C3CN(c4ccnc(C#N)n4)C3)c12. The Bertz CT molecular complexity index is 2070. The Morgan fingerprint density at radius 2 is 1.93 bits per heavy atom. The number of nitrogens with zero attached hydrogens (tertiary/aromatic N) is 9. The van der Waals surface area contributed by atoms with E-state index in [4.69, 9.17) is 20.4 Å². The number of likely N-dealkylation sites (tertiary alicyclic amines) is 1. The summed E-state index contributed by atoms with van der Waals surface area (Å²) in [4.78, 5) is 36.5. The van der Waals surface area contributed by atoms with E-state index in [1.165, 1.54) is 12.8 Å². The van der Waals surface area contributed by atoms with Crippen LogP contribution in [0.25, 0.3) is 33.6 Å². The number of hydrogen-bond acceptors (Lipinski definition) is 9. The van der Waals surface area contributed by atoms with Crippen molar-refractivity contribution in [3.8, 4) is 23.3 Å². The largest absolute Gasteiger partial charge is 0.494 e. The molecule has 4 fully saturated rings. The summed E-state index contributed by atoms with van der Waals surface area (Å²) >= 11 is 0. The summed E-state index contributed by atoms with van der Waals surface area (Å²) in [6.45, 7) is 2.92. The van der Waals surface area contributed by atoms with Crippen LogP contribution in [0.1, 0.15) is 47.9 Å². The number of ether oxygens (including phenoxy) is 1. The molecule has 4 aromatic heterocycles. The molecule has 2 aliphatic carbocycles. The molecule has 0 radical (unpaired) electrons. The number of piperidine rings is 1. The molecule has 46 heavy (non-hydrogen) atoms. The smallest absolute Gasteiger partial charge is 0.254 e. The standard InChI is InChI=1S/C34H34N10O2/c1-46-27-13-22(34(45)43-16-21-6-7-25(43)30(21)36)11-24-31(27)44(23-17-41(18-23)29-8-10-37-28(14-35)40-29)33(39-24)26-12-20-3-2-9-38-32(20)42(26)15-19-4-5-19/h2-3,8-13,19,21,23,25,30H,4-7,15-18,36H2,1H3/t21-,25-,30-/m1/s1. The van der Waals surface area contributed by atoms with E-state index in [0.717, 1.165) is 58.8 Å². The number of rotatable bonds is 7. The van der Waals surface area contributed by atoms with Gasteiger partial charge < -0.3 is 29.4 Å². The fraction of sp³-hybridized carbons (Fsp3) is 0.412. The molecule has 1 aromatic carbocycles. The molecule has 2 bridgehead atoms. The number of hydrogen-bond donors (Lipinski definition) is 1. The first-order valence-electron chi connectivity index (χ1n) is 16.1. The number of fused-ring (bicyclic) bond motifs is 4. The minimum atomic E-state index is -0.0159. The number of nitrogens with two attached hydrogens (primary N) is 1. The van der Waals surface area contributed by atoms with Gasteiger partial charge in [-0.15, -0.1) is 0 Å².